The normalized spacial score (nSPS) is 10.6. The van der Waals surface area contributed by atoms with Gasteiger partial charge in [0, 0.05) is 5.69 Å². The maximum atomic E-state index is 5.17. The third kappa shape index (κ3) is 3.77. The lowest BCUT2D eigenvalue weighted by molar-refractivity contribution is 0.379. The Hall–Kier alpha value is -1.49. The minimum absolute atomic E-state index is 0.562. The maximum absolute atomic E-state index is 5.17. The van der Waals surface area contributed by atoms with Crippen molar-refractivity contribution < 1.29 is 4.52 Å². The van der Waals surface area contributed by atoms with E-state index in [4.69, 9.17) is 4.52 Å². The summed E-state index contributed by atoms with van der Waals surface area (Å²) in [6.07, 6.45) is 0. The molecule has 0 radical (unpaired) electrons. The van der Waals surface area contributed by atoms with E-state index in [1.807, 2.05) is 12.1 Å². The lowest BCUT2D eigenvalue weighted by Crippen LogP contribution is -1.99. The van der Waals surface area contributed by atoms with Crippen molar-refractivity contribution in [2.75, 3.05) is 11.1 Å². The third-order valence-corrected chi connectivity index (χ3v) is 3.31. The summed E-state index contributed by atoms with van der Waals surface area (Å²) in [5.41, 5.74) is 2.31. The number of nitrogens with one attached hydrogen (secondary N) is 1. The summed E-state index contributed by atoms with van der Waals surface area (Å²) >= 11 is 1.79. The molecule has 1 aromatic heterocycles. The van der Waals surface area contributed by atoms with Crippen molar-refractivity contribution in [1.29, 1.82) is 0 Å². The molecule has 96 valence electrons. The molecule has 0 unspecified atom stereocenters. The van der Waals surface area contributed by atoms with Gasteiger partial charge >= 0.3 is 0 Å². The van der Waals surface area contributed by atoms with Crippen molar-refractivity contribution in [2.45, 2.75) is 26.1 Å². The molecule has 0 aliphatic carbocycles. The van der Waals surface area contributed by atoms with Crippen LogP contribution >= 0.6 is 11.8 Å². The fraction of sp³-hybridized carbons (Fsp3) is 0.385. The highest BCUT2D eigenvalue weighted by molar-refractivity contribution is 7.98. The standard InChI is InChI=1S/C13H17N3OS/c1-3-18-9-12-15-13(17-16-12)8-14-11-6-4-10(2)5-7-11/h4-7,14H,3,8-9H2,1-2H3. The first kappa shape index (κ1) is 13.0. The Balaban J connectivity index is 1.86. The zero-order valence-electron chi connectivity index (χ0n) is 10.6. The molecule has 2 rings (SSSR count). The quantitative estimate of drug-likeness (QED) is 0.867. The molecule has 1 heterocycles. The zero-order chi connectivity index (χ0) is 12.8. The number of aryl methyl sites for hydroxylation is 1. The average Bonchev–Trinajstić information content (AvgIpc) is 2.84. The highest BCUT2D eigenvalue weighted by Gasteiger charge is 2.05. The Labute approximate surface area is 111 Å². The molecule has 1 N–H and O–H groups in total. The van der Waals surface area contributed by atoms with Crippen molar-refractivity contribution in [1.82, 2.24) is 10.1 Å². The maximum Gasteiger partial charge on any atom is 0.245 e. The first-order valence-corrected chi connectivity index (χ1v) is 7.13. The smallest absolute Gasteiger partial charge is 0.245 e. The second-order valence-electron chi connectivity index (χ2n) is 3.96. The first-order valence-electron chi connectivity index (χ1n) is 5.97. The van der Waals surface area contributed by atoms with E-state index in [1.54, 1.807) is 11.8 Å². The highest BCUT2D eigenvalue weighted by atomic mass is 32.2. The Morgan fingerprint density at radius 3 is 2.78 bits per heavy atom. The Kier molecular flexibility index (Phi) is 4.64. The van der Waals surface area contributed by atoms with Crippen LogP contribution in [-0.4, -0.2) is 15.9 Å². The van der Waals surface area contributed by atoms with E-state index in [-0.39, 0.29) is 0 Å². The van der Waals surface area contributed by atoms with Crippen LogP contribution < -0.4 is 5.32 Å². The summed E-state index contributed by atoms with van der Waals surface area (Å²) in [7, 11) is 0. The van der Waals surface area contributed by atoms with E-state index in [9.17, 15) is 0 Å². The van der Waals surface area contributed by atoms with Crippen LogP contribution in [-0.2, 0) is 12.3 Å². The molecule has 0 amide bonds. The predicted molar refractivity (Wildman–Crippen MR) is 74.6 cm³/mol. The van der Waals surface area contributed by atoms with Gasteiger partial charge in [0.25, 0.3) is 0 Å². The lowest BCUT2D eigenvalue weighted by Gasteiger charge is -2.02. The minimum atomic E-state index is 0.562. The number of aromatic nitrogens is 2. The van der Waals surface area contributed by atoms with E-state index in [2.05, 4.69) is 41.4 Å². The number of hydrogen-bond donors (Lipinski definition) is 1. The van der Waals surface area contributed by atoms with Gasteiger partial charge in [-0.2, -0.15) is 16.7 Å². The van der Waals surface area contributed by atoms with E-state index in [0.29, 0.717) is 12.4 Å². The largest absolute Gasteiger partial charge is 0.376 e. The Morgan fingerprint density at radius 2 is 2.06 bits per heavy atom. The summed E-state index contributed by atoms with van der Waals surface area (Å²) in [4.78, 5) is 4.32. The fourth-order valence-corrected chi connectivity index (χ4v) is 1.97. The number of benzene rings is 1. The van der Waals surface area contributed by atoms with Crippen molar-refractivity contribution >= 4 is 17.4 Å². The molecule has 0 saturated heterocycles. The van der Waals surface area contributed by atoms with Gasteiger partial charge < -0.3 is 9.84 Å². The van der Waals surface area contributed by atoms with Gasteiger partial charge in [0.15, 0.2) is 5.82 Å². The van der Waals surface area contributed by atoms with Crippen LogP contribution in [0.25, 0.3) is 0 Å². The van der Waals surface area contributed by atoms with Crippen molar-refractivity contribution in [2.24, 2.45) is 0 Å². The summed E-state index contributed by atoms with van der Waals surface area (Å²) in [6.45, 7) is 4.75. The molecule has 0 spiro atoms. The zero-order valence-corrected chi connectivity index (χ0v) is 11.5. The second-order valence-corrected chi connectivity index (χ2v) is 5.24. The Bertz CT molecular complexity index is 481. The van der Waals surface area contributed by atoms with Gasteiger partial charge in [-0.25, -0.2) is 0 Å². The van der Waals surface area contributed by atoms with Gasteiger partial charge in [-0.1, -0.05) is 29.8 Å². The summed E-state index contributed by atoms with van der Waals surface area (Å²) in [6, 6.07) is 8.22. The molecule has 0 atom stereocenters. The third-order valence-electron chi connectivity index (χ3n) is 2.44. The fourth-order valence-electron chi connectivity index (χ4n) is 1.46. The first-order chi connectivity index (χ1) is 8.78. The van der Waals surface area contributed by atoms with Crippen LogP contribution in [0, 0.1) is 6.92 Å². The van der Waals surface area contributed by atoms with Crippen LogP contribution in [0.2, 0.25) is 0 Å². The molecule has 18 heavy (non-hydrogen) atoms. The average molecular weight is 263 g/mol. The molecular formula is C13H17N3OS. The molecule has 4 nitrogen and oxygen atoms in total. The van der Waals surface area contributed by atoms with Crippen molar-refractivity contribution in [3.63, 3.8) is 0 Å². The van der Waals surface area contributed by atoms with E-state index in [0.717, 1.165) is 23.0 Å². The predicted octanol–water partition coefficient (Wildman–Crippen LogP) is 3.24. The summed E-state index contributed by atoms with van der Waals surface area (Å²) < 4.78 is 5.17. The molecule has 2 aromatic rings. The van der Waals surface area contributed by atoms with Crippen LogP contribution in [0.15, 0.2) is 28.8 Å². The second kappa shape index (κ2) is 6.44. The lowest BCUT2D eigenvalue weighted by atomic mass is 10.2. The van der Waals surface area contributed by atoms with Gasteiger partial charge in [0.1, 0.15) is 0 Å². The van der Waals surface area contributed by atoms with Crippen LogP contribution in [0.4, 0.5) is 5.69 Å². The van der Waals surface area contributed by atoms with Gasteiger partial charge in [0.2, 0.25) is 5.89 Å². The SMILES string of the molecule is CCSCc1noc(CNc2ccc(C)cc2)n1. The molecule has 0 aliphatic rings. The Morgan fingerprint density at radius 1 is 1.28 bits per heavy atom. The highest BCUT2D eigenvalue weighted by Crippen LogP contribution is 2.11. The van der Waals surface area contributed by atoms with Crippen LogP contribution in [0.3, 0.4) is 0 Å². The monoisotopic (exact) mass is 263 g/mol. The van der Waals surface area contributed by atoms with Crippen molar-refractivity contribution in [3.05, 3.63) is 41.5 Å². The van der Waals surface area contributed by atoms with Gasteiger partial charge in [-0.05, 0) is 24.8 Å². The topological polar surface area (TPSA) is 51.0 Å². The van der Waals surface area contributed by atoms with Gasteiger partial charge in [-0.3, -0.25) is 0 Å². The molecular weight excluding hydrogens is 246 g/mol. The van der Waals surface area contributed by atoms with Crippen LogP contribution in [0.1, 0.15) is 24.2 Å². The molecule has 0 bridgehead atoms. The molecule has 5 heteroatoms. The number of thioether (sulfide) groups is 1. The van der Waals surface area contributed by atoms with Gasteiger partial charge in [0.05, 0.1) is 12.3 Å². The van der Waals surface area contributed by atoms with E-state index >= 15 is 0 Å². The number of hydrogen-bond acceptors (Lipinski definition) is 5. The number of nitrogens with zero attached hydrogens (tertiary/aromatic N) is 2. The number of anilines is 1. The molecule has 0 fully saturated rings. The van der Waals surface area contributed by atoms with E-state index < -0.39 is 0 Å². The summed E-state index contributed by atoms with van der Waals surface area (Å²) in [5, 5.41) is 7.19. The van der Waals surface area contributed by atoms with E-state index in [1.165, 1.54) is 5.56 Å². The molecule has 1 aromatic carbocycles. The molecule has 0 aliphatic heterocycles. The summed E-state index contributed by atoms with van der Waals surface area (Å²) in [5.74, 6) is 3.26. The number of rotatable bonds is 6. The minimum Gasteiger partial charge on any atom is -0.376 e. The van der Waals surface area contributed by atoms with Crippen molar-refractivity contribution in [3.8, 4) is 0 Å². The van der Waals surface area contributed by atoms with Gasteiger partial charge in [-0.15, -0.1) is 0 Å². The molecule has 0 saturated carbocycles. The van der Waals surface area contributed by atoms with Crippen LogP contribution in [0.5, 0.6) is 0 Å².